The third-order valence-electron chi connectivity index (χ3n) is 5.28. The minimum atomic E-state index is -0.980. The number of hydrogen-bond donors (Lipinski definition) is 1. The van der Waals surface area contributed by atoms with Gasteiger partial charge < -0.3 is 15.0 Å². The van der Waals surface area contributed by atoms with E-state index in [0.29, 0.717) is 17.7 Å². The van der Waals surface area contributed by atoms with Crippen molar-refractivity contribution < 1.29 is 14.3 Å². The summed E-state index contributed by atoms with van der Waals surface area (Å²) in [6.45, 7) is 7.61. The molecular weight excluding hydrogens is 340 g/mol. The third kappa shape index (κ3) is 4.13. The molecule has 0 heterocycles. The lowest BCUT2D eigenvalue weighted by molar-refractivity contribution is -0.125. The first-order chi connectivity index (χ1) is 12.7. The number of carbonyl (C=O) groups is 2. The average molecular weight is 368 g/mol. The Hall–Kier alpha value is -2.82. The van der Waals surface area contributed by atoms with E-state index in [4.69, 9.17) is 4.74 Å². The van der Waals surface area contributed by atoms with Crippen LogP contribution in [0.3, 0.4) is 0 Å². The highest BCUT2D eigenvalue weighted by molar-refractivity contribution is 6.04. The fourth-order valence-corrected chi connectivity index (χ4v) is 2.96. The smallest absolute Gasteiger partial charge is 0.254 e. The van der Waals surface area contributed by atoms with E-state index in [1.165, 1.54) is 4.90 Å². The third-order valence-corrected chi connectivity index (χ3v) is 5.28. The van der Waals surface area contributed by atoms with Gasteiger partial charge in [-0.2, -0.15) is 0 Å². The fraction of sp³-hybridized carbons (Fsp3) is 0.364. The van der Waals surface area contributed by atoms with Crippen LogP contribution >= 0.6 is 0 Å². The maximum Gasteiger partial charge on any atom is 0.254 e. The van der Waals surface area contributed by atoms with Crippen molar-refractivity contribution in [2.75, 3.05) is 19.5 Å². The largest absolute Gasteiger partial charge is 0.497 e. The molecule has 144 valence electrons. The summed E-state index contributed by atoms with van der Waals surface area (Å²) in [5, 5.41) is 3.02. The van der Waals surface area contributed by atoms with Gasteiger partial charge in [0.2, 0.25) is 5.91 Å². The number of likely N-dealkylation sites (N-methyl/N-ethyl adjacent to an activating group) is 1. The van der Waals surface area contributed by atoms with Crippen LogP contribution in [-0.2, 0) is 4.79 Å². The molecule has 2 rings (SSSR count). The summed E-state index contributed by atoms with van der Waals surface area (Å²) in [5.74, 6) is 0.269. The Morgan fingerprint density at radius 3 is 2.11 bits per heavy atom. The van der Waals surface area contributed by atoms with Crippen LogP contribution < -0.4 is 10.1 Å². The fourth-order valence-electron chi connectivity index (χ4n) is 2.96. The van der Waals surface area contributed by atoms with Gasteiger partial charge in [0.15, 0.2) is 0 Å². The van der Waals surface area contributed by atoms with Crippen LogP contribution in [0.15, 0.2) is 42.5 Å². The van der Waals surface area contributed by atoms with Crippen LogP contribution in [0.4, 0.5) is 5.69 Å². The number of para-hydroxylation sites is 1. The summed E-state index contributed by atoms with van der Waals surface area (Å²) in [6, 6.07) is 12.8. The second-order valence-corrected chi connectivity index (χ2v) is 6.94. The molecule has 0 aromatic heterocycles. The Labute approximate surface area is 161 Å². The minimum Gasteiger partial charge on any atom is -0.497 e. The second kappa shape index (κ2) is 8.25. The number of ether oxygens (including phenoxy) is 1. The van der Waals surface area contributed by atoms with Gasteiger partial charge in [0.05, 0.1) is 7.11 Å². The van der Waals surface area contributed by atoms with E-state index in [9.17, 15) is 9.59 Å². The molecule has 0 aliphatic carbocycles. The van der Waals surface area contributed by atoms with Crippen LogP contribution in [0, 0.1) is 13.8 Å². The van der Waals surface area contributed by atoms with E-state index >= 15 is 0 Å². The van der Waals surface area contributed by atoms with Gasteiger partial charge in [0.25, 0.3) is 5.91 Å². The zero-order valence-electron chi connectivity index (χ0n) is 16.9. The van der Waals surface area contributed by atoms with Gasteiger partial charge >= 0.3 is 0 Å². The van der Waals surface area contributed by atoms with Crippen LogP contribution in [0.1, 0.15) is 41.8 Å². The van der Waals surface area contributed by atoms with Gasteiger partial charge in [-0.25, -0.2) is 0 Å². The molecule has 5 nitrogen and oxygen atoms in total. The Bertz CT molecular complexity index is 810. The number of aryl methyl sites for hydroxylation is 2. The SMILES string of the molecule is CCC(C)(C(=O)Nc1c(C)cccc1C)N(C)C(=O)c1ccc(OC)cc1. The number of anilines is 1. The van der Waals surface area contributed by atoms with E-state index in [1.54, 1.807) is 45.3 Å². The molecule has 2 aromatic rings. The van der Waals surface area contributed by atoms with Crippen molar-refractivity contribution in [3.05, 3.63) is 59.2 Å². The highest BCUT2D eigenvalue weighted by Crippen LogP contribution is 2.26. The monoisotopic (exact) mass is 368 g/mol. The zero-order chi connectivity index (χ0) is 20.2. The maximum absolute atomic E-state index is 13.1. The maximum atomic E-state index is 13.1. The van der Waals surface area contributed by atoms with Crippen molar-refractivity contribution in [3.8, 4) is 5.75 Å². The van der Waals surface area contributed by atoms with Crippen LogP contribution in [0.2, 0.25) is 0 Å². The normalized spacial score (nSPS) is 12.8. The van der Waals surface area contributed by atoms with E-state index in [2.05, 4.69) is 5.32 Å². The highest BCUT2D eigenvalue weighted by Gasteiger charge is 2.39. The Morgan fingerprint density at radius 1 is 1.07 bits per heavy atom. The van der Waals surface area contributed by atoms with Gasteiger partial charge in [-0.15, -0.1) is 0 Å². The molecule has 2 aromatic carbocycles. The number of methoxy groups -OCH3 is 1. The molecular formula is C22H28N2O3. The number of rotatable bonds is 6. The number of carbonyl (C=O) groups excluding carboxylic acids is 2. The Morgan fingerprint density at radius 2 is 1.63 bits per heavy atom. The molecule has 0 aliphatic rings. The first-order valence-corrected chi connectivity index (χ1v) is 9.04. The van der Waals surface area contributed by atoms with E-state index in [-0.39, 0.29) is 11.8 Å². The number of amides is 2. The topological polar surface area (TPSA) is 58.6 Å². The summed E-state index contributed by atoms with van der Waals surface area (Å²) in [5.41, 5.74) is 2.31. The molecule has 0 bridgehead atoms. The van der Waals surface area contributed by atoms with Gasteiger partial charge in [0, 0.05) is 18.3 Å². The lowest BCUT2D eigenvalue weighted by atomic mass is 9.94. The summed E-state index contributed by atoms with van der Waals surface area (Å²) >= 11 is 0. The number of nitrogens with zero attached hydrogens (tertiary/aromatic N) is 1. The first kappa shape index (κ1) is 20.5. The molecule has 2 amide bonds. The molecule has 1 atom stereocenters. The van der Waals surface area contributed by atoms with Crippen molar-refractivity contribution in [1.82, 2.24) is 4.90 Å². The Balaban J connectivity index is 2.27. The molecule has 0 aliphatic heterocycles. The summed E-state index contributed by atoms with van der Waals surface area (Å²) in [4.78, 5) is 27.6. The van der Waals surface area contributed by atoms with Crippen molar-refractivity contribution in [3.63, 3.8) is 0 Å². The molecule has 0 spiro atoms. The molecule has 0 saturated heterocycles. The highest BCUT2D eigenvalue weighted by atomic mass is 16.5. The van der Waals surface area contributed by atoms with E-state index in [1.807, 2.05) is 39.0 Å². The number of nitrogens with one attached hydrogen (secondary N) is 1. The van der Waals surface area contributed by atoms with Gasteiger partial charge in [-0.1, -0.05) is 25.1 Å². The van der Waals surface area contributed by atoms with Gasteiger partial charge in [-0.05, 0) is 62.6 Å². The molecule has 0 radical (unpaired) electrons. The predicted octanol–water partition coefficient (Wildman–Crippen LogP) is 4.19. The quantitative estimate of drug-likeness (QED) is 0.832. The van der Waals surface area contributed by atoms with Crippen LogP contribution in [0.25, 0.3) is 0 Å². The summed E-state index contributed by atoms with van der Waals surface area (Å²) in [7, 11) is 3.25. The molecule has 0 saturated carbocycles. The summed E-state index contributed by atoms with van der Waals surface area (Å²) in [6.07, 6.45) is 0.488. The van der Waals surface area contributed by atoms with Crippen LogP contribution in [0.5, 0.6) is 5.75 Å². The molecule has 5 heteroatoms. The molecule has 0 fully saturated rings. The van der Waals surface area contributed by atoms with Crippen LogP contribution in [-0.4, -0.2) is 36.4 Å². The van der Waals surface area contributed by atoms with Crippen molar-refractivity contribution >= 4 is 17.5 Å². The van der Waals surface area contributed by atoms with Gasteiger partial charge in [0.1, 0.15) is 11.3 Å². The van der Waals surface area contributed by atoms with Crippen molar-refractivity contribution in [1.29, 1.82) is 0 Å². The van der Waals surface area contributed by atoms with Crippen molar-refractivity contribution in [2.24, 2.45) is 0 Å². The predicted molar refractivity (Wildman–Crippen MR) is 108 cm³/mol. The average Bonchev–Trinajstić information content (AvgIpc) is 2.68. The first-order valence-electron chi connectivity index (χ1n) is 9.04. The van der Waals surface area contributed by atoms with Crippen molar-refractivity contribution in [2.45, 2.75) is 39.7 Å². The Kier molecular flexibility index (Phi) is 6.26. The number of hydrogen-bond acceptors (Lipinski definition) is 3. The molecule has 27 heavy (non-hydrogen) atoms. The van der Waals surface area contributed by atoms with E-state index < -0.39 is 5.54 Å². The second-order valence-electron chi connectivity index (χ2n) is 6.94. The minimum absolute atomic E-state index is 0.202. The molecule has 1 N–H and O–H groups in total. The number of benzene rings is 2. The zero-order valence-corrected chi connectivity index (χ0v) is 16.9. The van der Waals surface area contributed by atoms with Gasteiger partial charge in [-0.3, -0.25) is 9.59 Å². The lowest BCUT2D eigenvalue weighted by Crippen LogP contribution is -2.55. The standard InChI is InChI=1S/C22H28N2O3/c1-7-22(4,21(26)23-19-15(2)9-8-10-16(19)3)24(5)20(25)17-11-13-18(27-6)14-12-17/h8-14H,7H2,1-6H3,(H,23,26). The van der Waals surface area contributed by atoms with E-state index in [0.717, 1.165) is 16.8 Å². The lowest BCUT2D eigenvalue weighted by Gasteiger charge is -2.37. The molecule has 1 unspecified atom stereocenters. The summed E-state index contributed by atoms with van der Waals surface area (Å²) < 4.78 is 5.14.